The van der Waals surface area contributed by atoms with Crippen molar-refractivity contribution in [1.82, 2.24) is 0 Å². The summed E-state index contributed by atoms with van der Waals surface area (Å²) in [6.07, 6.45) is -1.46. The van der Waals surface area contributed by atoms with Crippen LogP contribution < -0.4 is 5.73 Å². The van der Waals surface area contributed by atoms with Crippen LogP contribution in [0.2, 0.25) is 5.02 Å². The summed E-state index contributed by atoms with van der Waals surface area (Å²) in [5.41, 5.74) is 5.88. The first-order chi connectivity index (χ1) is 12.3. The van der Waals surface area contributed by atoms with Gasteiger partial charge in [-0.1, -0.05) is 54.1 Å². The molecule has 0 bridgehead atoms. The van der Waals surface area contributed by atoms with E-state index >= 15 is 0 Å². The van der Waals surface area contributed by atoms with Gasteiger partial charge in [-0.2, -0.15) is 8.42 Å². The van der Waals surface area contributed by atoms with Gasteiger partial charge in [-0.25, -0.2) is 4.39 Å². The fraction of sp³-hybridized carbons (Fsp3) is 0.118. The maximum Gasteiger partial charge on any atom is 0.313 e. The van der Waals surface area contributed by atoms with Gasteiger partial charge in [0.1, 0.15) is 11.6 Å². The molecule has 2 aromatic rings. The molecule has 0 aromatic heterocycles. The molecular formula is C17H13ClFNO5S. The van der Waals surface area contributed by atoms with Gasteiger partial charge in [-0.3, -0.25) is 4.79 Å². The maximum absolute atomic E-state index is 14.1. The molecule has 1 heterocycles. The average molecular weight is 398 g/mol. The van der Waals surface area contributed by atoms with Crippen LogP contribution in [0.25, 0.3) is 0 Å². The number of ether oxygens (including phenoxy) is 1. The van der Waals surface area contributed by atoms with E-state index in [2.05, 4.69) is 0 Å². The molecule has 1 atom stereocenters. The maximum atomic E-state index is 14.1. The van der Waals surface area contributed by atoms with Crippen molar-refractivity contribution in [3.8, 4) is 0 Å². The first-order valence-corrected chi connectivity index (χ1v) is 9.34. The van der Waals surface area contributed by atoms with Crippen LogP contribution in [0, 0.1) is 5.82 Å². The van der Waals surface area contributed by atoms with Crippen LogP contribution in [0.3, 0.4) is 0 Å². The third-order valence-corrected chi connectivity index (χ3v) is 4.99. The van der Waals surface area contributed by atoms with E-state index in [4.69, 9.17) is 26.3 Å². The molecule has 0 unspecified atom stereocenters. The van der Waals surface area contributed by atoms with Gasteiger partial charge in [0.2, 0.25) is 17.4 Å². The van der Waals surface area contributed by atoms with Crippen molar-refractivity contribution in [2.75, 3.05) is 0 Å². The number of benzene rings is 2. The molecule has 0 amide bonds. The minimum atomic E-state index is -4.17. The SMILES string of the molecule is NC1=C(OS(=O)(=O)Cc2ccccc2)C(=O)[C@H](c2cccc(Cl)c2F)O1. The molecule has 0 saturated carbocycles. The molecule has 0 aliphatic carbocycles. The molecule has 1 aliphatic rings. The highest BCUT2D eigenvalue weighted by Crippen LogP contribution is 2.35. The van der Waals surface area contributed by atoms with Crippen LogP contribution >= 0.6 is 11.6 Å². The third kappa shape index (κ3) is 3.66. The number of nitrogens with two attached hydrogens (primary N) is 1. The van der Waals surface area contributed by atoms with Crippen LogP contribution in [0.1, 0.15) is 17.2 Å². The fourth-order valence-corrected chi connectivity index (χ4v) is 3.68. The van der Waals surface area contributed by atoms with Crippen molar-refractivity contribution in [2.24, 2.45) is 5.73 Å². The predicted octanol–water partition coefficient (Wildman–Crippen LogP) is 2.79. The second-order valence-electron chi connectivity index (χ2n) is 5.47. The van der Waals surface area contributed by atoms with Gasteiger partial charge in [0.05, 0.1) is 5.02 Å². The lowest BCUT2D eigenvalue weighted by atomic mass is 10.1. The number of rotatable bonds is 5. The Balaban J connectivity index is 1.82. The van der Waals surface area contributed by atoms with Crippen molar-refractivity contribution in [1.29, 1.82) is 0 Å². The lowest BCUT2D eigenvalue weighted by Crippen LogP contribution is -2.17. The van der Waals surface area contributed by atoms with Gasteiger partial charge in [0.15, 0.2) is 6.10 Å². The minimum absolute atomic E-state index is 0.162. The predicted molar refractivity (Wildman–Crippen MR) is 91.6 cm³/mol. The molecule has 0 fully saturated rings. The van der Waals surface area contributed by atoms with E-state index in [9.17, 15) is 17.6 Å². The first-order valence-electron chi connectivity index (χ1n) is 7.39. The van der Waals surface area contributed by atoms with Crippen molar-refractivity contribution in [3.63, 3.8) is 0 Å². The summed E-state index contributed by atoms with van der Waals surface area (Å²) in [6, 6.07) is 12.3. The van der Waals surface area contributed by atoms with E-state index in [0.717, 1.165) is 0 Å². The third-order valence-electron chi connectivity index (χ3n) is 3.59. The normalized spacial score (nSPS) is 17.3. The standard InChI is InChI=1S/C17H13ClFNO5S/c18-12-8-4-7-11(13(12)19)15-14(21)16(17(20)24-15)25-26(22,23)9-10-5-2-1-3-6-10/h1-8,15H,9,20H2/t15-/m0/s1. The topological polar surface area (TPSA) is 95.7 Å². The molecule has 0 spiro atoms. The molecule has 0 saturated heterocycles. The summed E-state index contributed by atoms with van der Waals surface area (Å²) < 4.78 is 48.5. The first kappa shape index (κ1) is 18.2. The molecule has 26 heavy (non-hydrogen) atoms. The molecular weight excluding hydrogens is 385 g/mol. The van der Waals surface area contributed by atoms with Gasteiger partial charge in [-0.05, 0) is 11.6 Å². The minimum Gasteiger partial charge on any atom is -0.460 e. The highest BCUT2D eigenvalue weighted by molar-refractivity contribution is 7.86. The molecule has 9 heteroatoms. The largest absolute Gasteiger partial charge is 0.460 e. The van der Waals surface area contributed by atoms with Crippen LogP contribution in [0.15, 0.2) is 60.2 Å². The van der Waals surface area contributed by atoms with Crippen LogP contribution in [0.5, 0.6) is 0 Å². The monoisotopic (exact) mass is 397 g/mol. The molecule has 2 aromatic carbocycles. The molecule has 0 radical (unpaired) electrons. The Morgan fingerprint density at radius 3 is 2.54 bits per heavy atom. The highest BCUT2D eigenvalue weighted by atomic mass is 35.5. The fourth-order valence-electron chi connectivity index (χ4n) is 2.42. The number of hydrogen-bond acceptors (Lipinski definition) is 6. The van der Waals surface area contributed by atoms with Gasteiger partial charge in [0.25, 0.3) is 0 Å². The van der Waals surface area contributed by atoms with Crippen molar-refractivity contribution >= 4 is 27.5 Å². The zero-order valence-electron chi connectivity index (χ0n) is 13.2. The second-order valence-corrected chi connectivity index (χ2v) is 7.45. The van der Waals surface area contributed by atoms with Crippen molar-refractivity contribution < 1.29 is 26.5 Å². The molecule has 136 valence electrons. The lowest BCUT2D eigenvalue weighted by Gasteiger charge is -2.11. The van der Waals surface area contributed by atoms with Crippen LogP contribution in [0.4, 0.5) is 4.39 Å². The van der Waals surface area contributed by atoms with Gasteiger partial charge >= 0.3 is 10.1 Å². The van der Waals surface area contributed by atoms with Crippen LogP contribution in [-0.2, 0) is 29.6 Å². The summed E-state index contributed by atoms with van der Waals surface area (Å²) >= 11 is 5.70. The molecule has 2 N–H and O–H groups in total. The van der Waals surface area contributed by atoms with E-state index in [1.165, 1.54) is 18.2 Å². The number of carbonyl (C=O) groups is 1. The van der Waals surface area contributed by atoms with Gasteiger partial charge < -0.3 is 14.7 Å². The number of Topliss-reactive ketones (excluding diaryl/α,β-unsaturated/α-hetero) is 1. The quantitative estimate of drug-likeness (QED) is 0.779. The summed E-state index contributed by atoms with van der Waals surface area (Å²) in [7, 11) is -4.17. The van der Waals surface area contributed by atoms with E-state index < -0.39 is 45.2 Å². The average Bonchev–Trinajstić information content (AvgIpc) is 2.85. The Bertz CT molecular complexity index is 991. The number of ketones is 1. The summed E-state index contributed by atoms with van der Waals surface area (Å²) in [6.45, 7) is 0. The molecule has 3 rings (SSSR count). The zero-order chi connectivity index (χ0) is 18.9. The summed E-state index contributed by atoms with van der Waals surface area (Å²) in [4.78, 5) is 12.4. The molecule has 6 nitrogen and oxygen atoms in total. The summed E-state index contributed by atoms with van der Waals surface area (Å²) in [5.74, 6) is -3.43. The smallest absolute Gasteiger partial charge is 0.313 e. The lowest BCUT2D eigenvalue weighted by molar-refractivity contribution is -0.123. The second kappa shape index (κ2) is 6.97. The van der Waals surface area contributed by atoms with Gasteiger partial charge in [-0.15, -0.1) is 0 Å². The Morgan fingerprint density at radius 1 is 1.15 bits per heavy atom. The van der Waals surface area contributed by atoms with E-state index in [0.29, 0.717) is 5.56 Å². The number of carbonyl (C=O) groups excluding carboxylic acids is 1. The van der Waals surface area contributed by atoms with Gasteiger partial charge in [0, 0.05) is 5.56 Å². The van der Waals surface area contributed by atoms with Crippen molar-refractivity contribution in [2.45, 2.75) is 11.9 Å². The molecule has 1 aliphatic heterocycles. The Morgan fingerprint density at radius 2 is 1.85 bits per heavy atom. The van der Waals surface area contributed by atoms with E-state index in [-0.39, 0.29) is 10.6 Å². The zero-order valence-corrected chi connectivity index (χ0v) is 14.8. The summed E-state index contributed by atoms with van der Waals surface area (Å²) in [5, 5.41) is -0.205. The highest BCUT2D eigenvalue weighted by Gasteiger charge is 2.41. The Hall–Kier alpha value is -2.58. The number of halogens is 2. The van der Waals surface area contributed by atoms with Crippen LogP contribution in [-0.4, -0.2) is 14.2 Å². The Labute approximate surface area is 154 Å². The number of hydrogen-bond donors (Lipinski definition) is 1. The van der Waals surface area contributed by atoms with E-state index in [1.807, 2.05) is 0 Å². The Kier molecular flexibility index (Phi) is 4.88. The van der Waals surface area contributed by atoms with E-state index in [1.54, 1.807) is 30.3 Å². The van der Waals surface area contributed by atoms with Crippen molar-refractivity contribution in [3.05, 3.63) is 82.1 Å².